The largest absolute Gasteiger partial charge is 0.413 e. The van der Waals surface area contributed by atoms with Gasteiger partial charge in [-0.25, -0.2) is 18.1 Å². The summed E-state index contributed by atoms with van der Waals surface area (Å²) in [5.41, 5.74) is 2.16. The summed E-state index contributed by atoms with van der Waals surface area (Å²) in [6.07, 6.45) is -0.979. The number of thiazole rings is 1. The number of sulfone groups is 1. The van der Waals surface area contributed by atoms with Crippen LogP contribution >= 0.6 is 11.3 Å². The molecule has 0 spiro atoms. The van der Waals surface area contributed by atoms with E-state index < -0.39 is 27.6 Å². The Balaban J connectivity index is 1.54. The number of nitrogens with one attached hydrogen (secondary N) is 2. The van der Waals surface area contributed by atoms with E-state index in [0.29, 0.717) is 34.4 Å². The van der Waals surface area contributed by atoms with Crippen LogP contribution in [0.1, 0.15) is 56.5 Å². The second-order valence-corrected chi connectivity index (χ2v) is 15.3. The van der Waals surface area contributed by atoms with Crippen molar-refractivity contribution in [1.82, 2.24) is 25.0 Å². The lowest BCUT2D eigenvalue weighted by Crippen LogP contribution is -2.35. The van der Waals surface area contributed by atoms with Crippen molar-refractivity contribution in [3.05, 3.63) is 65.1 Å². The number of rotatable bonds is 8. The number of hydrogen-bond donors (Lipinski definition) is 2. The van der Waals surface area contributed by atoms with Gasteiger partial charge in [-0.2, -0.15) is 18.4 Å². The Kier molecular flexibility index (Phi) is 7.28. The standard InChI is InChI=1S/C30H29F3N8O2S2/c1-28(2,3)15-36-24-17(12-34)13-35-26-20(24)10-18(11-23(26)45(4,42)43)38-25(19-6-5-7-21-27(19)44-16-37-21)22-14-41(40-39-22)29(8-9-29)30(31,32)33/h5-7,10-11,13-14,16,25,38H,8-9,15H2,1-4H3,(H,35,36). The molecular weight excluding hydrogens is 626 g/mol. The number of nitriles is 1. The molecule has 15 heteroatoms. The van der Waals surface area contributed by atoms with Gasteiger partial charge in [-0.15, -0.1) is 16.4 Å². The molecule has 5 aromatic rings. The second kappa shape index (κ2) is 10.7. The van der Waals surface area contributed by atoms with Gasteiger partial charge in [0.05, 0.1) is 49.6 Å². The molecule has 0 bridgehead atoms. The number of nitrogens with zero attached hydrogens (tertiary/aromatic N) is 6. The number of hydrogen-bond acceptors (Lipinski definition) is 10. The number of fused-ring (bicyclic) bond motifs is 2. The van der Waals surface area contributed by atoms with E-state index in [9.17, 15) is 26.9 Å². The molecule has 3 aromatic heterocycles. The first kappa shape index (κ1) is 30.7. The number of halogens is 3. The van der Waals surface area contributed by atoms with Gasteiger partial charge in [-0.3, -0.25) is 4.98 Å². The zero-order valence-corrected chi connectivity index (χ0v) is 26.4. The number of pyridine rings is 1. The van der Waals surface area contributed by atoms with Crippen molar-refractivity contribution < 1.29 is 21.6 Å². The third-order valence-corrected chi connectivity index (χ3v) is 9.76. The van der Waals surface area contributed by atoms with E-state index in [1.165, 1.54) is 29.8 Å². The summed E-state index contributed by atoms with van der Waals surface area (Å²) in [7, 11) is -3.82. The molecular formula is C30H29F3N8O2S2. The van der Waals surface area contributed by atoms with Crippen LogP contribution in [0.25, 0.3) is 21.1 Å². The van der Waals surface area contributed by atoms with Crippen LogP contribution in [-0.4, -0.2) is 52.4 Å². The van der Waals surface area contributed by atoms with Gasteiger partial charge in [0.25, 0.3) is 0 Å². The van der Waals surface area contributed by atoms with Crippen molar-refractivity contribution in [2.24, 2.45) is 5.41 Å². The number of benzene rings is 2. The van der Waals surface area contributed by atoms with Crippen molar-refractivity contribution in [2.45, 2.75) is 56.3 Å². The molecule has 10 nitrogen and oxygen atoms in total. The highest BCUT2D eigenvalue weighted by Crippen LogP contribution is 2.55. The van der Waals surface area contributed by atoms with Crippen molar-refractivity contribution in [3.63, 3.8) is 0 Å². The molecule has 6 rings (SSSR count). The molecule has 0 aliphatic heterocycles. The van der Waals surface area contributed by atoms with Crippen LogP contribution in [0.15, 0.2) is 53.1 Å². The number of aromatic nitrogens is 5. The molecule has 0 radical (unpaired) electrons. The topological polar surface area (TPSA) is 138 Å². The molecule has 1 unspecified atom stereocenters. The predicted octanol–water partition coefficient (Wildman–Crippen LogP) is 6.42. The Morgan fingerprint density at radius 3 is 2.58 bits per heavy atom. The van der Waals surface area contributed by atoms with E-state index in [1.807, 2.05) is 32.9 Å². The summed E-state index contributed by atoms with van der Waals surface area (Å²) in [6.45, 7) is 6.54. The molecule has 3 heterocycles. The Hall–Kier alpha value is -4.29. The van der Waals surface area contributed by atoms with Gasteiger partial charge in [0, 0.05) is 30.1 Å². The molecule has 1 aliphatic rings. The minimum absolute atomic E-state index is 0.0711. The van der Waals surface area contributed by atoms with Crippen LogP contribution < -0.4 is 10.6 Å². The molecule has 1 saturated carbocycles. The van der Waals surface area contributed by atoms with Crippen molar-refractivity contribution >= 4 is 53.7 Å². The summed E-state index contributed by atoms with van der Waals surface area (Å²) >= 11 is 1.36. The van der Waals surface area contributed by atoms with Gasteiger partial charge < -0.3 is 10.6 Å². The van der Waals surface area contributed by atoms with Crippen molar-refractivity contribution in [3.8, 4) is 6.07 Å². The van der Waals surface area contributed by atoms with Crippen molar-refractivity contribution in [2.75, 3.05) is 23.4 Å². The highest BCUT2D eigenvalue weighted by Gasteiger charge is 2.66. The molecule has 234 valence electrons. The first-order valence-corrected chi connectivity index (χ1v) is 16.8. The maximum atomic E-state index is 14.0. The second-order valence-electron chi connectivity index (χ2n) is 12.5. The lowest BCUT2D eigenvalue weighted by molar-refractivity contribution is -0.182. The first-order chi connectivity index (χ1) is 21.1. The lowest BCUT2D eigenvalue weighted by Gasteiger charge is -2.23. The van der Waals surface area contributed by atoms with Crippen LogP contribution in [0.2, 0.25) is 0 Å². The van der Waals surface area contributed by atoms with E-state index in [0.717, 1.165) is 15.6 Å². The van der Waals surface area contributed by atoms with Crippen LogP contribution in [0.5, 0.6) is 0 Å². The summed E-state index contributed by atoms with van der Waals surface area (Å²) in [5.74, 6) is 0. The molecule has 1 fully saturated rings. The van der Waals surface area contributed by atoms with E-state index in [4.69, 9.17) is 0 Å². The highest BCUT2D eigenvalue weighted by atomic mass is 32.2. The summed E-state index contributed by atoms with van der Waals surface area (Å²) < 4.78 is 69.7. The van der Waals surface area contributed by atoms with Crippen molar-refractivity contribution in [1.29, 1.82) is 5.26 Å². The lowest BCUT2D eigenvalue weighted by atomic mass is 9.96. The van der Waals surface area contributed by atoms with Crippen LogP contribution in [0.4, 0.5) is 24.5 Å². The van der Waals surface area contributed by atoms with E-state index in [-0.39, 0.29) is 39.9 Å². The molecule has 2 aromatic carbocycles. The Morgan fingerprint density at radius 1 is 1.18 bits per heavy atom. The van der Waals surface area contributed by atoms with Gasteiger partial charge in [-0.1, -0.05) is 38.1 Å². The Bertz CT molecular complexity index is 2090. The first-order valence-electron chi connectivity index (χ1n) is 14.0. The van der Waals surface area contributed by atoms with Gasteiger partial charge in [0.2, 0.25) is 0 Å². The molecule has 0 amide bonds. The van der Waals surface area contributed by atoms with Gasteiger partial charge in [0.15, 0.2) is 15.4 Å². The summed E-state index contributed by atoms with van der Waals surface area (Å²) in [6, 6.07) is 9.85. The fourth-order valence-corrected chi connectivity index (χ4v) is 6.95. The van der Waals surface area contributed by atoms with Gasteiger partial charge in [0.1, 0.15) is 11.8 Å². The molecule has 45 heavy (non-hydrogen) atoms. The quantitative estimate of drug-likeness (QED) is 0.194. The average molecular weight is 655 g/mol. The van der Waals surface area contributed by atoms with Gasteiger partial charge in [-0.05, 0) is 42.0 Å². The predicted molar refractivity (Wildman–Crippen MR) is 166 cm³/mol. The van der Waals surface area contributed by atoms with E-state index in [2.05, 4.69) is 37.0 Å². The maximum absolute atomic E-state index is 14.0. The molecule has 1 atom stereocenters. The molecule has 2 N–H and O–H groups in total. The summed E-state index contributed by atoms with van der Waals surface area (Å²) in [4.78, 5) is 8.66. The fraction of sp³-hybridized carbons (Fsp3) is 0.367. The Morgan fingerprint density at radius 2 is 1.93 bits per heavy atom. The molecule has 0 saturated heterocycles. The maximum Gasteiger partial charge on any atom is 0.413 e. The zero-order valence-electron chi connectivity index (χ0n) is 24.8. The SMILES string of the molecule is CC(C)(C)CNc1c(C#N)cnc2c(S(C)(=O)=O)cc(NC(c3cn(C4(C(F)(F)F)CC4)nn3)c3cccc4ncsc34)cc12. The van der Waals surface area contributed by atoms with Crippen LogP contribution in [0, 0.1) is 16.7 Å². The summed E-state index contributed by atoms with van der Waals surface area (Å²) in [5, 5.41) is 25.0. The van der Waals surface area contributed by atoms with Crippen LogP contribution in [0.3, 0.4) is 0 Å². The van der Waals surface area contributed by atoms with Gasteiger partial charge >= 0.3 is 6.18 Å². The zero-order chi connectivity index (χ0) is 32.4. The minimum Gasteiger partial charge on any atom is -0.383 e. The van der Waals surface area contributed by atoms with E-state index >= 15 is 0 Å². The van der Waals surface area contributed by atoms with Crippen LogP contribution in [-0.2, 0) is 15.4 Å². The third kappa shape index (κ3) is 5.68. The number of alkyl halides is 3. The monoisotopic (exact) mass is 654 g/mol. The highest BCUT2D eigenvalue weighted by molar-refractivity contribution is 7.91. The smallest absolute Gasteiger partial charge is 0.383 e. The number of anilines is 2. The normalized spacial score (nSPS) is 15.6. The van der Waals surface area contributed by atoms with E-state index in [1.54, 1.807) is 17.6 Å². The Labute approximate surface area is 261 Å². The average Bonchev–Trinajstić information content (AvgIpc) is 3.40. The molecule has 1 aliphatic carbocycles. The fourth-order valence-electron chi connectivity index (χ4n) is 5.26. The minimum atomic E-state index is -4.50. The third-order valence-electron chi connectivity index (χ3n) is 7.76.